The molecular weight excluding hydrogens is 326 g/mol. The zero-order valence-corrected chi connectivity index (χ0v) is 15.3. The van der Waals surface area contributed by atoms with Crippen molar-refractivity contribution in [1.29, 1.82) is 0 Å². The third-order valence-corrected chi connectivity index (χ3v) is 6.33. The lowest BCUT2D eigenvalue weighted by Gasteiger charge is -2.38. The van der Waals surface area contributed by atoms with Crippen molar-refractivity contribution >= 4 is 10.9 Å². The Balaban J connectivity index is 1.31. The minimum Gasteiger partial charge on any atom is -0.474 e. The summed E-state index contributed by atoms with van der Waals surface area (Å²) in [4.78, 5) is 11.6. The van der Waals surface area contributed by atoms with E-state index in [1.165, 1.54) is 36.8 Å². The number of morpholine rings is 1. The van der Waals surface area contributed by atoms with E-state index in [1.54, 1.807) is 6.33 Å². The molecule has 0 N–H and O–H groups in total. The van der Waals surface area contributed by atoms with Crippen LogP contribution in [0.25, 0.3) is 10.9 Å². The number of fused-ring (bicyclic) bond motifs is 3. The summed E-state index contributed by atoms with van der Waals surface area (Å²) in [6.07, 6.45) is 10.1. The van der Waals surface area contributed by atoms with Gasteiger partial charge in [-0.15, -0.1) is 0 Å². The zero-order valence-electron chi connectivity index (χ0n) is 15.3. The Morgan fingerprint density at radius 1 is 1.00 bits per heavy atom. The normalized spacial score (nSPS) is 26.8. The summed E-state index contributed by atoms with van der Waals surface area (Å²) in [5.41, 5.74) is 3.89. The van der Waals surface area contributed by atoms with E-state index in [-0.39, 0.29) is 6.10 Å². The maximum Gasteiger partial charge on any atom is 0.225 e. The number of nitrogens with zero attached hydrogens (tertiary/aromatic N) is 3. The fraction of sp³-hybridized carbons (Fsp3) is 0.619. The van der Waals surface area contributed by atoms with E-state index in [4.69, 9.17) is 9.47 Å². The van der Waals surface area contributed by atoms with Gasteiger partial charge in [-0.3, -0.25) is 4.90 Å². The van der Waals surface area contributed by atoms with Gasteiger partial charge in [0.25, 0.3) is 0 Å². The molecule has 0 bridgehead atoms. The van der Waals surface area contributed by atoms with Crippen LogP contribution in [0.3, 0.4) is 0 Å². The SMILES string of the molecule is c1nc(OC2CCC(N3CCOCC3)CC2)c2c3c(ccc2n1)CCC3. The van der Waals surface area contributed by atoms with Crippen LogP contribution in [0.4, 0.5) is 0 Å². The van der Waals surface area contributed by atoms with Gasteiger partial charge in [-0.1, -0.05) is 6.07 Å². The lowest BCUT2D eigenvalue weighted by atomic mass is 9.91. The van der Waals surface area contributed by atoms with Crippen molar-refractivity contribution in [3.8, 4) is 5.88 Å². The molecule has 1 aromatic carbocycles. The second-order valence-corrected chi connectivity index (χ2v) is 7.83. The number of ether oxygens (including phenoxy) is 2. The fourth-order valence-corrected chi connectivity index (χ4v) is 4.93. The summed E-state index contributed by atoms with van der Waals surface area (Å²) in [7, 11) is 0. The minimum atomic E-state index is 0.280. The molecule has 1 aliphatic heterocycles. The smallest absolute Gasteiger partial charge is 0.225 e. The predicted octanol–water partition coefficient (Wildman–Crippen LogP) is 3.14. The first kappa shape index (κ1) is 16.5. The molecule has 1 aromatic heterocycles. The van der Waals surface area contributed by atoms with E-state index in [0.29, 0.717) is 6.04 Å². The fourth-order valence-electron chi connectivity index (χ4n) is 4.93. The summed E-state index contributed by atoms with van der Waals surface area (Å²) in [6, 6.07) is 5.06. The number of aromatic nitrogens is 2. The van der Waals surface area contributed by atoms with Gasteiger partial charge in [-0.25, -0.2) is 9.97 Å². The molecule has 2 aromatic rings. The first-order chi connectivity index (χ1) is 12.9. The molecule has 1 saturated heterocycles. The Morgan fingerprint density at radius 2 is 1.85 bits per heavy atom. The third kappa shape index (κ3) is 3.08. The van der Waals surface area contributed by atoms with E-state index in [9.17, 15) is 0 Å². The maximum atomic E-state index is 6.44. The summed E-state index contributed by atoms with van der Waals surface area (Å²) in [5.74, 6) is 0.809. The van der Waals surface area contributed by atoms with Crippen LogP contribution in [0.15, 0.2) is 18.5 Å². The average Bonchev–Trinajstić information content (AvgIpc) is 3.18. The van der Waals surface area contributed by atoms with Crippen LogP contribution in [0.2, 0.25) is 0 Å². The van der Waals surface area contributed by atoms with Crippen molar-refractivity contribution in [3.05, 3.63) is 29.6 Å². The molecule has 2 fully saturated rings. The summed E-state index contributed by atoms with van der Waals surface area (Å²) in [6.45, 7) is 3.93. The van der Waals surface area contributed by atoms with Gasteiger partial charge in [0.1, 0.15) is 12.4 Å². The molecule has 5 rings (SSSR count). The van der Waals surface area contributed by atoms with Crippen LogP contribution in [0.1, 0.15) is 43.2 Å². The van der Waals surface area contributed by atoms with E-state index in [2.05, 4.69) is 27.0 Å². The lowest BCUT2D eigenvalue weighted by molar-refractivity contribution is -0.00126. The van der Waals surface area contributed by atoms with Gasteiger partial charge in [0.05, 0.1) is 24.1 Å². The number of benzene rings is 1. The highest BCUT2D eigenvalue weighted by Crippen LogP contribution is 2.35. The first-order valence-corrected chi connectivity index (χ1v) is 10.1. The van der Waals surface area contributed by atoms with E-state index in [1.807, 2.05) is 0 Å². The van der Waals surface area contributed by atoms with Crippen LogP contribution in [-0.4, -0.2) is 53.3 Å². The van der Waals surface area contributed by atoms with E-state index in [0.717, 1.165) is 62.3 Å². The summed E-state index contributed by atoms with van der Waals surface area (Å²) >= 11 is 0. The Kier molecular flexibility index (Phi) is 4.51. The number of rotatable bonds is 3. The summed E-state index contributed by atoms with van der Waals surface area (Å²) in [5, 5.41) is 1.16. The van der Waals surface area contributed by atoms with Gasteiger partial charge < -0.3 is 9.47 Å². The second kappa shape index (κ2) is 7.12. The maximum absolute atomic E-state index is 6.44. The predicted molar refractivity (Wildman–Crippen MR) is 101 cm³/mol. The van der Waals surface area contributed by atoms with Gasteiger partial charge in [0.15, 0.2) is 0 Å². The topological polar surface area (TPSA) is 47.5 Å². The second-order valence-electron chi connectivity index (χ2n) is 7.83. The molecule has 3 aliphatic rings. The first-order valence-electron chi connectivity index (χ1n) is 10.1. The number of hydrogen-bond acceptors (Lipinski definition) is 5. The van der Waals surface area contributed by atoms with Gasteiger partial charge in [-0.2, -0.15) is 0 Å². The highest BCUT2D eigenvalue weighted by Gasteiger charge is 2.28. The zero-order chi connectivity index (χ0) is 17.3. The van der Waals surface area contributed by atoms with Gasteiger partial charge in [0, 0.05) is 19.1 Å². The Labute approximate surface area is 154 Å². The Morgan fingerprint density at radius 3 is 2.69 bits per heavy atom. The molecule has 0 radical (unpaired) electrons. The van der Waals surface area contributed by atoms with Gasteiger partial charge in [-0.05, 0) is 62.1 Å². The number of aryl methyl sites for hydroxylation is 2. The van der Waals surface area contributed by atoms with Crippen molar-refractivity contribution in [1.82, 2.24) is 14.9 Å². The van der Waals surface area contributed by atoms with E-state index >= 15 is 0 Å². The van der Waals surface area contributed by atoms with Crippen molar-refractivity contribution in [2.75, 3.05) is 26.3 Å². The molecule has 5 nitrogen and oxygen atoms in total. The molecule has 2 aliphatic carbocycles. The summed E-state index contributed by atoms with van der Waals surface area (Å²) < 4.78 is 11.9. The van der Waals surface area contributed by atoms with Gasteiger partial charge >= 0.3 is 0 Å². The molecular formula is C21H27N3O2. The van der Waals surface area contributed by atoms with Crippen LogP contribution in [0, 0.1) is 0 Å². The quantitative estimate of drug-likeness (QED) is 0.848. The van der Waals surface area contributed by atoms with Gasteiger partial charge in [0.2, 0.25) is 5.88 Å². The lowest BCUT2D eigenvalue weighted by Crippen LogP contribution is -2.46. The van der Waals surface area contributed by atoms with Crippen LogP contribution < -0.4 is 4.74 Å². The molecule has 0 spiro atoms. The van der Waals surface area contributed by atoms with Crippen LogP contribution in [-0.2, 0) is 17.6 Å². The molecule has 0 unspecified atom stereocenters. The van der Waals surface area contributed by atoms with Crippen molar-refractivity contribution in [2.45, 2.75) is 57.1 Å². The molecule has 0 atom stereocenters. The Hall–Kier alpha value is -1.72. The molecule has 26 heavy (non-hydrogen) atoms. The highest BCUT2D eigenvalue weighted by atomic mass is 16.5. The third-order valence-electron chi connectivity index (χ3n) is 6.33. The minimum absolute atomic E-state index is 0.280. The highest BCUT2D eigenvalue weighted by molar-refractivity contribution is 5.88. The molecule has 2 heterocycles. The molecule has 5 heteroatoms. The van der Waals surface area contributed by atoms with Crippen molar-refractivity contribution in [2.24, 2.45) is 0 Å². The number of hydrogen-bond donors (Lipinski definition) is 0. The largest absolute Gasteiger partial charge is 0.474 e. The monoisotopic (exact) mass is 353 g/mol. The van der Waals surface area contributed by atoms with Crippen LogP contribution >= 0.6 is 0 Å². The van der Waals surface area contributed by atoms with Crippen molar-refractivity contribution < 1.29 is 9.47 Å². The van der Waals surface area contributed by atoms with Crippen LogP contribution in [0.5, 0.6) is 5.88 Å². The van der Waals surface area contributed by atoms with Crippen molar-refractivity contribution in [3.63, 3.8) is 0 Å². The molecule has 1 saturated carbocycles. The van der Waals surface area contributed by atoms with E-state index < -0.39 is 0 Å². The average molecular weight is 353 g/mol. The standard InChI is InChI=1S/C21H27N3O2/c1-2-15-4-9-19-20(18(15)3-1)21(23-14-22-19)26-17-7-5-16(6-8-17)24-10-12-25-13-11-24/h4,9,14,16-17H,1-3,5-8,10-13H2. The molecule has 138 valence electrons. The Bertz CT molecular complexity index is 780. The molecule has 0 amide bonds.